The third-order valence-corrected chi connectivity index (χ3v) is 4.79. The average Bonchev–Trinajstić information content (AvgIpc) is 2.68. The van der Waals surface area contributed by atoms with E-state index in [2.05, 4.69) is 15.3 Å². The fourth-order valence-corrected chi connectivity index (χ4v) is 3.11. The van der Waals surface area contributed by atoms with Gasteiger partial charge in [-0.1, -0.05) is 12.1 Å². The van der Waals surface area contributed by atoms with E-state index >= 15 is 0 Å². The van der Waals surface area contributed by atoms with Gasteiger partial charge >= 0.3 is 6.18 Å². The van der Waals surface area contributed by atoms with Crippen molar-refractivity contribution in [2.45, 2.75) is 31.5 Å². The SMILES string of the molecule is Cc1nc(C(F)(F)F)ccc1C(=O)NC1=CCC(Cl)C(c2ccc(CO)cn2)=C1. The van der Waals surface area contributed by atoms with Crippen molar-refractivity contribution in [1.82, 2.24) is 15.3 Å². The number of nitrogens with one attached hydrogen (secondary N) is 1. The standard InChI is InChI=1S/C20H17ClF3N3O2/c1-11-14(4-7-18(26-11)20(22,23)24)19(29)27-13-3-5-16(21)15(8-13)17-6-2-12(10-28)9-25-17/h2-4,6-9,16,28H,5,10H2,1H3,(H,27,29). The van der Waals surface area contributed by atoms with Crippen LogP contribution in [0.5, 0.6) is 0 Å². The average molecular weight is 424 g/mol. The summed E-state index contributed by atoms with van der Waals surface area (Å²) in [6, 6.07) is 5.33. The minimum absolute atomic E-state index is 0.0191. The Morgan fingerprint density at radius 1 is 1.31 bits per heavy atom. The van der Waals surface area contributed by atoms with Crippen molar-refractivity contribution < 1.29 is 23.1 Å². The number of halogens is 4. The molecule has 0 spiro atoms. The lowest BCUT2D eigenvalue weighted by Gasteiger charge is -2.19. The highest BCUT2D eigenvalue weighted by Gasteiger charge is 2.33. The van der Waals surface area contributed by atoms with Crippen molar-refractivity contribution in [3.8, 4) is 0 Å². The summed E-state index contributed by atoms with van der Waals surface area (Å²) in [7, 11) is 0. The number of amides is 1. The molecule has 0 saturated heterocycles. The minimum Gasteiger partial charge on any atom is -0.392 e. The summed E-state index contributed by atoms with van der Waals surface area (Å²) in [5.41, 5.74) is 1.40. The van der Waals surface area contributed by atoms with E-state index in [-0.39, 0.29) is 23.2 Å². The summed E-state index contributed by atoms with van der Waals surface area (Å²) < 4.78 is 38.2. The fourth-order valence-electron chi connectivity index (χ4n) is 2.84. The molecule has 1 aliphatic carbocycles. The van der Waals surface area contributed by atoms with E-state index in [0.717, 1.165) is 12.1 Å². The van der Waals surface area contributed by atoms with E-state index in [0.29, 0.717) is 28.9 Å². The van der Waals surface area contributed by atoms with Gasteiger partial charge in [-0.25, -0.2) is 4.98 Å². The van der Waals surface area contributed by atoms with Gasteiger partial charge < -0.3 is 10.4 Å². The van der Waals surface area contributed by atoms with E-state index in [1.165, 1.54) is 13.1 Å². The predicted octanol–water partition coefficient (Wildman–Crippen LogP) is 4.00. The van der Waals surface area contributed by atoms with E-state index < -0.39 is 17.8 Å². The molecule has 0 saturated carbocycles. The molecule has 2 aromatic heterocycles. The van der Waals surface area contributed by atoms with Gasteiger partial charge in [0.1, 0.15) is 5.69 Å². The lowest BCUT2D eigenvalue weighted by Crippen LogP contribution is -2.25. The van der Waals surface area contributed by atoms with Crippen LogP contribution in [0.1, 0.15) is 39.4 Å². The molecule has 1 unspecified atom stereocenters. The van der Waals surface area contributed by atoms with Gasteiger partial charge in [-0.3, -0.25) is 9.78 Å². The van der Waals surface area contributed by atoms with Gasteiger partial charge in [0, 0.05) is 11.9 Å². The Hall–Kier alpha value is -2.71. The summed E-state index contributed by atoms with van der Waals surface area (Å²) in [5.74, 6) is -0.567. The molecule has 1 aliphatic rings. The molecule has 9 heteroatoms. The van der Waals surface area contributed by atoms with Gasteiger partial charge in [0.15, 0.2) is 0 Å². The van der Waals surface area contributed by atoms with Crippen molar-refractivity contribution in [2.75, 3.05) is 0 Å². The summed E-state index contributed by atoms with van der Waals surface area (Å²) in [6.45, 7) is 1.22. The van der Waals surface area contributed by atoms with Gasteiger partial charge in [0.05, 0.1) is 28.9 Å². The van der Waals surface area contributed by atoms with Crippen LogP contribution in [-0.4, -0.2) is 26.4 Å². The van der Waals surface area contributed by atoms with Crippen LogP contribution < -0.4 is 5.32 Å². The van der Waals surface area contributed by atoms with Crippen molar-refractivity contribution in [3.05, 3.63) is 76.5 Å². The first-order valence-electron chi connectivity index (χ1n) is 8.67. The predicted molar refractivity (Wildman–Crippen MR) is 102 cm³/mol. The lowest BCUT2D eigenvalue weighted by molar-refractivity contribution is -0.141. The molecule has 0 bridgehead atoms. The van der Waals surface area contributed by atoms with Crippen LogP contribution in [0.2, 0.25) is 0 Å². The fraction of sp³-hybridized carbons (Fsp3) is 0.250. The Labute approximate surface area is 169 Å². The largest absolute Gasteiger partial charge is 0.433 e. The summed E-state index contributed by atoms with van der Waals surface area (Å²) >= 11 is 6.36. The molecular weight excluding hydrogens is 407 g/mol. The lowest BCUT2D eigenvalue weighted by atomic mass is 9.98. The highest BCUT2D eigenvalue weighted by atomic mass is 35.5. The zero-order valence-electron chi connectivity index (χ0n) is 15.3. The van der Waals surface area contributed by atoms with Crippen molar-refractivity contribution in [2.24, 2.45) is 0 Å². The van der Waals surface area contributed by atoms with Crippen LogP contribution in [0.3, 0.4) is 0 Å². The molecule has 5 nitrogen and oxygen atoms in total. The molecule has 0 aromatic carbocycles. The Kier molecular flexibility index (Phi) is 6.04. The third kappa shape index (κ3) is 4.83. The number of carbonyl (C=O) groups is 1. The molecule has 3 rings (SSSR count). The Morgan fingerprint density at radius 2 is 2.07 bits per heavy atom. The number of allylic oxidation sites excluding steroid dienone is 3. The third-order valence-electron chi connectivity index (χ3n) is 4.37. The number of pyridine rings is 2. The number of aromatic nitrogens is 2. The molecule has 1 amide bonds. The van der Waals surface area contributed by atoms with Gasteiger partial charge in [-0.05, 0) is 48.8 Å². The number of aryl methyl sites for hydroxylation is 1. The maximum Gasteiger partial charge on any atom is 0.433 e. The van der Waals surface area contributed by atoms with Crippen LogP contribution >= 0.6 is 11.6 Å². The number of hydrogen-bond donors (Lipinski definition) is 2. The van der Waals surface area contributed by atoms with Crippen LogP contribution in [-0.2, 0) is 12.8 Å². The molecule has 0 fully saturated rings. The zero-order chi connectivity index (χ0) is 21.2. The number of aliphatic hydroxyl groups excluding tert-OH is 1. The number of carbonyl (C=O) groups excluding carboxylic acids is 1. The number of nitrogens with zero attached hydrogens (tertiary/aromatic N) is 2. The van der Waals surface area contributed by atoms with Gasteiger partial charge in [-0.2, -0.15) is 13.2 Å². The van der Waals surface area contributed by atoms with E-state index in [4.69, 9.17) is 16.7 Å². The summed E-state index contributed by atoms with van der Waals surface area (Å²) in [4.78, 5) is 20.3. The highest BCUT2D eigenvalue weighted by molar-refractivity contribution is 6.26. The van der Waals surface area contributed by atoms with E-state index in [1.54, 1.807) is 24.3 Å². The first-order chi connectivity index (χ1) is 13.7. The molecule has 29 heavy (non-hydrogen) atoms. The Morgan fingerprint density at radius 3 is 2.66 bits per heavy atom. The minimum atomic E-state index is -4.57. The van der Waals surface area contributed by atoms with Crippen LogP contribution in [0, 0.1) is 6.92 Å². The molecule has 2 heterocycles. The maximum atomic E-state index is 12.7. The molecular formula is C20H17ClF3N3O2. The summed E-state index contributed by atoms with van der Waals surface area (Å²) in [5, 5.41) is 11.4. The second kappa shape index (κ2) is 8.34. The zero-order valence-corrected chi connectivity index (χ0v) is 16.1. The molecule has 152 valence electrons. The maximum absolute atomic E-state index is 12.7. The van der Waals surface area contributed by atoms with Gasteiger partial charge in [-0.15, -0.1) is 11.6 Å². The molecule has 0 aliphatic heterocycles. The topological polar surface area (TPSA) is 75.1 Å². The van der Waals surface area contributed by atoms with Crippen molar-refractivity contribution in [3.63, 3.8) is 0 Å². The smallest absolute Gasteiger partial charge is 0.392 e. The van der Waals surface area contributed by atoms with Crippen molar-refractivity contribution in [1.29, 1.82) is 0 Å². The van der Waals surface area contributed by atoms with E-state index in [9.17, 15) is 18.0 Å². The number of hydrogen-bond acceptors (Lipinski definition) is 4. The quantitative estimate of drug-likeness (QED) is 0.729. The Balaban J connectivity index is 1.80. The first-order valence-corrected chi connectivity index (χ1v) is 9.11. The molecule has 0 radical (unpaired) electrons. The highest BCUT2D eigenvalue weighted by Crippen LogP contribution is 2.30. The number of alkyl halides is 4. The van der Waals surface area contributed by atoms with Crippen LogP contribution in [0.15, 0.2) is 48.3 Å². The normalized spacial score (nSPS) is 16.8. The molecule has 2 N–H and O–H groups in total. The van der Waals surface area contributed by atoms with Crippen LogP contribution in [0.25, 0.3) is 5.57 Å². The second-order valence-electron chi connectivity index (χ2n) is 6.45. The molecule has 1 atom stereocenters. The Bertz CT molecular complexity index is 985. The van der Waals surface area contributed by atoms with Crippen molar-refractivity contribution >= 4 is 23.1 Å². The summed E-state index contributed by atoms with van der Waals surface area (Å²) in [6.07, 6.45) is 0.808. The number of aliphatic hydroxyl groups is 1. The van der Waals surface area contributed by atoms with Crippen LogP contribution in [0.4, 0.5) is 13.2 Å². The second-order valence-corrected chi connectivity index (χ2v) is 6.98. The monoisotopic (exact) mass is 423 g/mol. The van der Waals surface area contributed by atoms with Gasteiger partial charge in [0.2, 0.25) is 0 Å². The van der Waals surface area contributed by atoms with Gasteiger partial charge in [0.25, 0.3) is 5.91 Å². The first kappa shape index (κ1) is 21.0. The molecule has 2 aromatic rings. The number of rotatable bonds is 4. The van der Waals surface area contributed by atoms with E-state index in [1.807, 2.05) is 0 Å².